The molecule has 2 atom stereocenters. The topological polar surface area (TPSA) is 99.5 Å². The fraction of sp³-hybridized carbons (Fsp3) is 0.321. The van der Waals surface area contributed by atoms with E-state index in [0.717, 1.165) is 16.0 Å². The van der Waals surface area contributed by atoms with Gasteiger partial charge >= 0.3 is 6.16 Å². The van der Waals surface area contributed by atoms with E-state index < -0.39 is 36.5 Å². The average molecular weight is 568 g/mol. The van der Waals surface area contributed by atoms with Gasteiger partial charge in [-0.25, -0.2) is 9.18 Å². The predicted octanol–water partition coefficient (Wildman–Crippen LogP) is 3.64. The molecule has 0 saturated carbocycles. The normalized spacial score (nSPS) is 19.5. The van der Waals surface area contributed by atoms with Gasteiger partial charge in [0.25, 0.3) is 5.91 Å². The van der Waals surface area contributed by atoms with Gasteiger partial charge in [-0.05, 0) is 30.2 Å². The van der Waals surface area contributed by atoms with Gasteiger partial charge in [0.1, 0.15) is 18.0 Å². The van der Waals surface area contributed by atoms with E-state index in [4.69, 9.17) is 18.9 Å². The summed E-state index contributed by atoms with van der Waals surface area (Å²) in [5, 5.41) is 1.88. The highest BCUT2D eigenvalue weighted by Gasteiger charge is 2.46. The van der Waals surface area contributed by atoms with Crippen molar-refractivity contribution in [2.75, 3.05) is 38.2 Å². The zero-order chi connectivity index (χ0) is 27.8. The molecule has 1 aromatic heterocycles. The van der Waals surface area contributed by atoms with Crippen molar-refractivity contribution in [2.45, 2.75) is 29.8 Å². The maximum absolute atomic E-state index is 15.8. The second kappa shape index (κ2) is 10.9. The minimum Gasteiger partial charge on any atom is -0.451 e. The highest BCUT2D eigenvalue weighted by molar-refractivity contribution is 7.98. The van der Waals surface area contributed by atoms with Crippen molar-refractivity contribution in [2.24, 2.45) is 0 Å². The molecule has 3 aliphatic rings. The Hall–Kier alpha value is -4.03. The molecular formula is C28H26FN3O7S. The van der Waals surface area contributed by atoms with Crippen LogP contribution in [0.2, 0.25) is 0 Å². The first-order valence-corrected chi connectivity index (χ1v) is 13.8. The van der Waals surface area contributed by atoms with Gasteiger partial charge in [0.2, 0.25) is 18.0 Å². The number of aromatic nitrogens is 1. The summed E-state index contributed by atoms with van der Waals surface area (Å²) in [6, 6.07) is 13.4. The molecule has 2 aromatic carbocycles. The van der Waals surface area contributed by atoms with Gasteiger partial charge in [0.05, 0.1) is 19.8 Å². The van der Waals surface area contributed by atoms with Crippen molar-refractivity contribution in [3.8, 4) is 5.75 Å². The molecule has 3 aromatic rings. The molecule has 12 heteroatoms. The Morgan fingerprint density at radius 2 is 1.98 bits per heavy atom. The van der Waals surface area contributed by atoms with Gasteiger partial charge in [-0.1, -0.05) is 30.3 Å². The van der Waals surface area contributed by atoms with Crippen LogP contribution in [0.15, 0.2) is 64.4 Å². The van der Waals surface area contributed by atoms with Crippen LogP contribution in [0.25, 0.3) is 0 Å². The number of hydrogen-bond donors (Lipinski definition) is 0. The molecular weight excluding hydrogens is 541 g/mol. The van der Waals surface area contributed by atoms with E-state index in [2.05, 4.69) is 0 Å². The lowest BCUT2D eigenvalue weighted by molar-refractivity contribution is -0.0212. The number of fused-ring (bicyclic) bond motifs is 4. The van der Waals surface area contributed by atoms with E-state index >= 15 is 4.39 Å². The van der Waals surface area contributed by atoms with Gasteiger partial charge in [-0.2, -0.15) is 0 Å². The molecule has 0 spiro atoms. The molecule has 1 saturated heterocycles. The third kappa shape index (κ3) is 4.46. The maximum Gasteiger partial charge on any atom is 0.511 e. The summed E-state index contributed by atoms with van der Waals surface area (Å²) < 4.78 is 38.4. The van der Waals surface area contributed by atoms with Gasteiger partial charge < -0.3 is 23.8 Å². The molecule has 40 heavy (non-hydrogen) atoms. The third-order valence-electron chi connectivity index (χ3n) is 7.08. The smallest absolute Gasteiger partial charge is 0.451 e. The lowest BCUT2D eigenvalue weighted by Gasteiger charge is -2.51. The molecule has 0 aliphatic carbocycles. The SMILES string of the molecule is CCOC(=O)OCOc1c2n(ccc1=O)N([C@@H]1c3ccccc3SCc3cccc(F)c31)C1COCCN1C2=O. The van der Waals surface area contributed by atoms with Gasteiger partial charge in [0, 0.05) is 35.0 Å². The van der Waals surface area contributed by atoms with Gasteiger partial charge in [0.15, 0.2) is 5.69 Å². The maximum atomic E-state index is 15.8. The van der Waals surface area contributed by atoms with Crippen LogP contribution in [0.3, 0.4) is 0 Å². The Kier molecular flexibility index (Phi) is 7.11. The number of amides is 1. The number of rotatable bonds is 5. The fourth-order valence-electron chi connectivity index (χ4n) is 5.39. The Balaban J connectivity index is 1.54. The number of halogens is 1. The zero-order valence-electron chi connectivity index (χ0n) is 21.6. The Labute approximate surface area is 233 Å². The largest absolute Gasteiger partial charge is 0.511 e. The highest BCUT2D eigenvalue weighted by Crippen LogP contribution is 2.45. The highest BCUT2D eigenvalue weighted by atomic mass is 32.2. The second-order valence-electron chi connectivity index (χ2n) is 9.27. The van der Waals surface area contributed by atoms with Crippen molar-refractivity contribution in [3.63, 3.8) is 0 Å². The van der Waals surface area contributed by atoms with Crippen LogP contribution in [-0.2, 0) is 20.0 Å². The fourth-order valence-corrected chi connectivity index (χ4v) is 6.48. The number of carbonyl (C=O) groups is 2. The number of benzene rings is 2. The van der Waals surface area contributed by atoms with Gasteiger partial charge in [-0.15, -0.1) is 11.8 Å². The number of carbonyl (C=O) groups excluding carboxylic acids is 2. The van der Waals surface area contributed by atoms with Crippen LogP contribution in [0.1, 0.15) is 40.1 Å². The number of ether oxygens (including phenoxy) is 4. The summed E-state index contributed by atoms with van der Waals surface area (Å²) >= 11 is 1.61. The van der Waals surface area contributed by atoms with Crippen LogP contribution in [-0.4, -0.2) is 61.0 Å². The summed E-state index contributed by atoms with van der Waals surface area (Å²) in [5.74, 6) is -0.536. The van der Waals surface area contributed by atoms with E-state index in [1.165, 1.54) is 18.3 Å². The molecule has 0 radical (unpaired) electrons. The Morgan fingerprint density at radius 3 is 2.83 bits per heavy atom. The summed E-state index contributed by atoms with van der Waals surface area (Å²) in [5.41, 5.74) is 1.55. The molecule has 208 valence electrons. The molecule has 4 heterocycles. The quantitative estimate of drug-likeness (QED) is 0.338. The Morgan fingerprint density at radius 1 is 1.12 bits per heavy atom. The van der Waals surface area contributed by atoms with E-state index in [-0.39, 0.29) is 37.0 Å². The first-order chi connectivity index (χ1) is 19.5. The lowest BCUT2D eigenvalue weighted by Crippen LogP contribution is -2.66. The van der Waals surface area contributed by atoms with Crippen LogP contribution in [0, 0.1) is 5.82 Å². The monoisotopic (exact) mass is 567 g/mol. The molecule has 0 N–H and O–H groups in total. The Bertz CT molecular complexity index is 1530. The zero-order valence-corrected chi connectivity index (χ0v) is 22.4. The molecule has 1 amide bonds. The first-order valence-electron chi connectivity index (χ1n) is 12.8. The van der Waals surface area contributed by atoms with Crippen molar-refractivity contribution in [3.05, 3.63) is 93.2 Å². The van der Waals surface area contributed by atoms with E-state index in [0.29, 0.717) is 17.9 Å². The summed E-state index contributed by atoms with van der Waals surface area (Å²) in [4.78, 5) is 41.1. The summed E-state index contributed by atoms with van der Waals surface area (Å²) in [7, 11) is 0. The molecule has 0 bridgehead atoms. The van der Waals surface area contributed by atoms with Crippen molar-refractivity contribution in [1.29, 1.82) is 0 Å². The van der Waals surface area contributed by atoms with Gasteiger partial charge in [-0.3, -0.25) is 19.3 Å². The van der Waals surface area contributed by atoms with E-state index in [9.17, 15) is 14.4 Å². The third-order valence-corrected chi connectivity index (χ3v) is 8.21. The van der Waals surface area contributed by atoms with Crippen LogP contribution >= 0.6 is 11.8 Å². The molecule has 6 rings (SSSR count). The summed E-state index contributed by atoms with van der Waals surface area (Å²) in [6.07, 6.45) is -0.0800. The molecule has 10 nitrogen and oxygen atoms in total. The van der Waals surface area contributed by atoms with Crippen molar-refractivity contribution >= 4 is 23.8 Å². The van der Waals surface area contributed by atoms with Crippen LogP contribution in [0.5, 0.6) is 5.75 Å². The number of nitrogens with zero attached hydrogens (tertiary/aromatic N) is 3. The minimum absolute atomic E-state index is 0.0506. The molecule has 1 fully saturated rings. The number of pyridine rings is 1. The standard InChI is InChI=1S/C28H26FN3O7S/c1-2-37-28(35)39-16-38-26-20(33)10-11-31-25(26)27(34)30-12-13-36-14-22(30)32(31)24-18-7-3-4-9-21(18)40-15-17-6-5-8-19(29)23(17)24/h3-11,22,24H,2,12-16H2,1H3/t22?,24-/m1/s1. The van der Waals surface area contributed by atoms with Crippen molar-refractivity contribution in [1.82, 2.24) is 9.58 Å². The first kappa shape index (κ1) is 26.2. The number of morpholine rings is 1. The van der Waals surface area contributed by atoms with E-state index in [1.54, 1.807) is 34.3 Å². The average Bonchev–Trinajstić information content (AvgIpc) is 3.13. The minimum atomic E-state index is -0.965. The van der Waals surface area contributed by atoms with Crippen molar-refractivity contribution < 1.29 is 32.9 Å². The molecule has 1 unspecified atom stereocenters. The summed E-state index contributed by atoms with van der Waals surface area (Å²) in [6.45, 7) is 1.83. The van der Waals surface area contributed by atoms with Crippen LogP contribution < -0.4 is 15.2 Å². The predicted molar refractivity (Wildman–Crippen MR) is 142 cm³/mol. The molecule has 3 aliphatic heterocycles. The number of hydrogen-bond acceptors (Lipinski definition) is 9. The second-order valence-corrected chi connectivity index (χ2v) is 10.3. The van der Waals surface area contributed by atoms with Crippen LogP contribution in [0.4, 0.5) is 9.18 Å². The number of thioether (sulfide) groups is 1. The van der Waals surface area contributed by atoms with E-state index in [1.807, 2.05) is 35.3 Å². The lowest BCUT2D eigenvalue weighted by atomic mass is 9.93.